The van der Waals surface area contributed by atoms with E-state index in [0.29, 0.717) is 19.6 Å². The summed E-state index contributed by atoms with van der Waals surface area (Å²) in [5, 5.41) is 0. The Morgan fingerprint density at radius 2 is 1.42 bits per heavy atom. The molecule has 0 bridgehead atoms. The standard InChI is InChI=1S/C23H40O3/c1-4-5-6-7-8-9-10-11-12-13-14-15-16-17-18-19-23(24)26-21-20-25-22(2)3/h7-12,22H,4-6,13-21H2,1-3H3. The third-order valence-corrected chi connectivity index (χ3v) is 3.88. The van der Waals surface area contributed by atoms with Gasteiger partial charge in [-0.15, -0.1) is 0 Å². The van der Waals surface area contributed by atoms with Gasteiger partial charge in [0, 0.05) is 6.42 Å². The molecule has 150 valence electrons. The van der Waals surface area contributed by atoms with E-state index in [0.717, 1.165) is 19.3 Å². The van der Waals surface area contributed by atoms with Crippen molar-refractivity contribution in [2.24, 2.45) is 0 Å². The Morgan fingerprint density at radius 3 is 2.08 bits per heavy atom. The van der Waals surface area contributed by atoms with E-state index in [-0.39, 0.29) is 12.1 Å². The van der Waals surface area contributed by atoms with Crippen molar-refractivity contribution in [2.75, 3.05) is 13.2 Å². The lowest BCUT2D eigenvalue weighted by Gasteiger charge is -2.08. The predicted molar refractivity (Wildman–Crippen MR) is 111 cm³/mol. The molecule has 0 fully saturated rings. The Labute approximate surface area is 161 Å². The van der Waals surface area contributed by atoms with E-state index in [2.05, 4.69) is 43.4 Å². The van der Waals surface area contributed by atoms with Gasteiger partial charge in [0.2, 0.25) is 0 Å². The molecule has 0 atom stereocenters. The molecule has 0 rings (SSSR count). The molecule has 0 spiro atoms. The van der Waals surface area contributed by atoms with Crippen LogP contribution in [-0.2, 0) is 14.3 Å². The van der Waals surface area contributed by atoms with Gasteiger partial charge in [-0.3, -0.25) is 4.79 Å². The lowest BCUT2D eigenvalue weighted by atomic mass is 10.1. The molecule has 0 radical (unpaired) electrons. The maximum absolute atomic E-state index is 11.5. The summed E-state index contributed by atoms with van der Waals surface area (Å²) in [5.74, 6) is -0.101. The van der Waals surface area contributed by atoms with Gasteiger partial charge in [0.25, 0.3) is 0 Å². The van der Waals surface area contributed by atoms with Gasteiger partial charge >= 0.3 is 5.97 Å². The fraction of sp³-hybridized carbons (Fsp3) is 0.696. The number of hydrogen-bond donors (Lipinski definition) is 0. The highest BCUT2D eigenvalue weighted by atomic mass is 16.6. The lowest BCUT2D eigenvalue weighted by Crippen LogP contribution is -2.13. The summed E-state index contributed by atoms with van der Waals surface area (Å²) in [5.41, 5.74) is 0. The largest absolute Gasteiger partial charge is 0.463 e. The van der Waals surface area contributed by atoms with Gasteiger partial charge in [-0.1, -0.05) is 75.5 Å². The van der Waals surface area contributed by atoms with Crippen molar-refractivity contribution in [2.45, 2.75) is 91.1 Å². The third kappa shape index (κ3) is 20.7. The van der Waals surface area contributed by atoms with Crippen molar-refractivity contribution in [3.05, 3.63) is 36.5 Å². The van der Waals surface area contributed by atoms with Gasteiger partial charge in [0.1, 0.15) is 6.61 Å². The summed E-state index contributed by atoms with van der Waals surface area (Å²) < 4.78 is 10.5. The SMILES string of the molecule is CCCCC=CC=CC=CCCCCCCCC(=O)OCCOC(C)C. The molecule has 0 aliphatic heterocycles. The minimum atomic E-state index is -0.101. The highest BCUT2D eigenvalue weighted by Crippen LogP contribution is 2.08. The van der Waals surface area contributed by atoms with Crippen LogP contribution in [0.2, 0.25) is 0 Å². The molecule has 3 nitrogen and oxygen atoms in total. The van der Waals surface area contributed by atoms with E-state index in [1.54, 1.807) is 0 Å². The lowest BCUT2D eigenvalue weighted by molar-refractivity contribution is -0.145. The molecular weight excluding hydrogens is 324 g/mol. The third-order valence-electron chi connectivity index (χ3n) is 3.88. The van der Waals surface area contributed by atoms with Crippen LogP contribution in [-0.4, -0.2) is 25.3 Å². The minimum absolute atomic E-state index is 0.101. The molecule has 0 unspecified atom stereocenters. The van der Waals surface area contributed by atoms with E-state index in [4.69, 9.17) is 9.47 Å². The highest BCUT2D eigenvalue weighted by Gasteiger charge is 2.02. The molecule has 0 aromatic carbocycles. The second-order valence-corrected chi connectivity index (χ2v) is 6.83. The number of ether oxygens (including phenoxy) is 2. The van der Waals surface area contributed by atoms with Gasteiger partial charge in [-0.05, 0) is 39.5 Å². The quantitative estimate of drug-likeness (QED) is 0.167. The molecule has 26 heavy (non-hydrogen) atoms. The van der Waals surface area contributed by atoms with E-state index in [1.165, 1.54) is 38.5 Å². The van der Waals surface area contributed by atoms with Crippen molar-refractivity contribution >= 4 is 5.97 Å². The van der Waals surface area contributed by atoms with Crippen LogP contribution in [0, 0.1) is 0 Å². The van der Waals surface area contributed by atoms with Crippen molar-refractivity contribution in [1.82, 2.24) is 0 Å². The van der Waals surface area contributed by atoms with E-state index >= 15 is 0 Å². The number of hydrogen-bond acceptors (Lipinski definition) is 3. The molecule has 0 saturated carbocycles. The molecule has 3 heteroatoms. The molecule has 0 amide bonds. The van der Waals surface area contributed by atoms with Gasteiger partial charge in [0.15, 0.2) is 0 Å². The molecule has 0 aliphatic rings. The topological polar surface area (TPSA) is 35.5 Å². The number of allylic oxidation sites excluding steroid dienone is 6. The van der Waals surface area contributed by atoms with Gasteiger partial charge in [-0.2, -0.15) is 0 Å². The summed E-state index contributed by atoms with van der Waals surface area (Å²) in [6.07, 6.45) is 24.1. The zero-order valence-corrected chi connectivity index (χ0v) is 17.3. The monoisotopic (exact) mass is 364 g/mol. The normalized spacial score (nSPS) is 12.2. The summed E-state index contributed by atoms with van der Waals surface area (Å²) in [7, 11) is 0. The van der Waals surface area contributed by atoms with Gasteiger partial charge < -0.3 is 9.47 Å². The van der Waals surface area contributed by atoms with Crippen LogP contribution >= 0.6 is 0 Å². The first-order chi connectivity index (χ1) is 12.7. The smallest absolute Gasteiger partial charge is 0.305 e. The maximum atomic E-state index is 11.5. The van der Waals surface area contributed by atoms with Gasteiger partial charge in [0.05, 0.1) is 12.7 Å². The van der Waals surface area contributed by atoms with E-state index in [9.17, 15) is 4.79 Å². The van der Waals surface area contributed by atoms with Crippen LogP contribution in [0.25, 0.3) is 0 Å². The summed E-state index contributed by atoms with van der Waals surface area (Å²) in [4.78, 5) is 11.5. The minimum Gasteiger partial charge on any atom is -0.463 e. The number of rotatable bonds is 17. The fourth-order valence-corrected chi connectivity index (χ4v) is 2.37. The van der Waals surface area contributed by atoms with Crippen LogP contribution < -0.4 is 0 Å². The molecule has 0 aromatic rings. The van der Waals surface area contributed by atoms with Crippen LogP contribution in [0.3, 0.4) is 0 Å². The first-order valence-electron chi connectivity index (χ1n) is 10.4. The average molecular weight is 365 g/mol. The number of carbonyl (C=O) groups excluding carboxylic acids is 1. The predicted octanol–water partition coefficient (Wildman–Crippen LogP) is 6.54. The first kappa shape index (κ1) is 24.7. The maximum Gasteiger partial charge on any atom is 0.305 e. The van der Waals surface area contributed by atoms with Crippen LogP contribution in [0.15, 0.2) is 36.5 Å². The molecular formula is C23H40O3. The van der Waals surface area contributed by atoms with Crippen molar-refractivity contribution in [1.29, 1.82) is 0 Å². The highest BCUT2D eigenvalue weighted by molar-refractivity contribution is 5.69. The zero-order chi connectivity index (χ0) is 19.3. The zero-order valence-electron chi connectivity index (χ0n) is 17.3. The van der Waals surface area contributed by atoms with Crippen molar-refractivity contribution < 1.29 is 14.3 Å². The fourth-order valence-electron chi connectivity index (χ4n) is 2.37. The molecule has 0 aliphatic carbocycles. The Kier molecular flexibility index (Phi) is 18.9. The van der Waals surface area contributed by atoms with Crippen molar-refractivity contribution in [3.63, 3.8) is 0 Å². The molecule has 0 saturated heterocycles. The number of carbonyl (C=O) groups is 1. The number of esters is 1. The van der Waals surface area contributed by atoms with Crippen LogP contribution in [0.5, 0.6) is 0 Å². The van der Waals surface area contributed by atoms with Crippen LogP contribution in [0.1, 0.15) is 85.0 Å². The Bertz CT molecular complexity index is 394. The Morgan fingerprint density at radius 1 is 0.808 bits per heavy atom. The molecule has 0 heterocycles. The summed E-state index contributed by atoms with van der Waals surface area (Å²) >= 11 is 0. The summed E-state index contributed by atoms with van der Waals surface area (Å²) in [6.45, 7) is 7.02. The number of unbranched alkanes of at least 4 members (excludes halogenated alkanes) is 7. The Balaban J connectivity index is 3.35. The van der Waals surface area contributed by atoms with E-state index in [1.807, 2.05) is 13.8 Å². The van der Waals surface area contributed by atoms with Crippen molar-refractivity contribution in [3.8, 4) is 0 Å². The average Bonchev–Trinajstić information content (AvgIpc) is 2.62. The van der Waals surface area contributed by atoms with E-state index < -0.39 is 0 Å². The van der Waals surface area contributed by atoms with Crippen LogP contribution in [0.4, 0.5) is 0 Å². The molecule has 0 N–H and O–H groups in total. The second kappa shape index (κ2) is 20.0. The van der Waals surface area contributed by atoms with Gasteiger partial charge in [-0.25, -0.2) is 0 Å². The first-order valence-corrected chi connectivity index (χ1v) is 10.4. The molecule has 0 aromatic heterocycles. The summed E-state index contributed by atoms with van der Waals surface area (Å²) in [6, 6.07) is 0. The Hall–Kier alpha value is -1.35. The second-order valence-electron chi connectivity index (χ2n) is 6.83.